The van der Waals surface area contributed by atoms with Crippen molar-refractivity contribution in [3.63, 3.8) is 0 Å². The molecule has 1 saturated heterocycles. The molecule has 1 aromatic rings. The first-order valence-electron chi connectivity index (χ1n) is 4.23. The van der Waals surface area contributed by atoms with E-state index in [0.29, 0.717) is 9.72 Å². The van der Waals surface area contributed by atoms with E-state index in [1.54, 1.807) is 6.20 Å². The molecule has 0 amide bonds. The highest BCUT2D eigenvalue weighted by Gasteiger charge is 2.23. The van der Waals surface area contributed by atoms with Crippen molar-refractivity contribution in [1.29, 1.82) is 0 Å². The second-order valence-corrected chi connectivity index (χ2v) is 6.67. The van der Waals surface area contributed by atoms with Gasteiger partial charge >= 0.3 is 0 Å². The van der Waals surface area contributed by atoms with Crippen LogP contribution in [-0.2, 0) is 17.2 Å². The third kappa shape index (κ3) is 2.30. The number of rotatable bonds is 2. The van der Waals surface area contributed by atoms with E-state index < -0.39 is 10.8 Å². The van der Waals surface area contributed by atoms with Crippen LogP contribution in [0.25, 0.3) is 0 Å². The molecule has 2 atom stereocenters. The lowest BCUT2D eigenvalue weighted by Crippen LogP contribution is -2.11. The lowest BCUT2D eigenvalue weighted by atomic mass is 10.2. The first kappa shape index (κ1) is 9.62. The molecule has 0 spiro atoms. The highest BCUT2D eigenvalue weighted by atomic mass is 35.5. The fourth-order valence-corrected chi connectivity index (χ4v) is 4.29. The average molecular weight is 236 g/mol. The van der Waals surface area contributed by atoms with Gasteiger partial charge in [-0.1, -0.05) is 11.6 Å². The van der Waals surface area contributed by atoms with Gasteiger partial charge < -0.3 is 0 Å². The topological polar surface area (TPSA) is 30.0 Å². The molecule has 72 valence electrons. The largest absolute Gasteiger partial charge is 0.259 e. The zero-order valence-electron chi connectivity index (χ0n) is 7.03. The first-order chi connectivity index (χ1) is 6.25. The van der Waals surface area contributed by atoms with Gasteiger partial charge in [0, 0.05) is 32.9 Å². The van der Waals surface area contributed by atoms with E-state index in [-0.39, 0.29) is 0 Å². The summed E-state index contributed by atoms with van der Waals surface area (Å²) in [7, 11) is -0.616. The summed E-state index contributed by atoms with van der Waals surface area (Å²) in [5.41, 5.74) is 0. The number of hydrogen-bond donors (Lipinski definition) is 0. The molecule has 2 heterocycles. The van der Waals surface area contributed by atoms with Crippen molar-refractivity contribution in [3.8, 4) is 0 Å². The second-order valence-electron chi connectivity index (χ2n) is 3.13. The van der Waals surface area contributed by atoms with Crippen LogP contribution in [-0.4, -0.2) is 20.2 Å². The molecule has 0 saturated carbocycles. The summed E-state index contributed by atoms with van der Waals surface area (Å²) in [5, 5.41) is 0.344. The molecule has 2 rings (SSSR count). The monoisotopic (exact) mass is 235 g/mol. The predicted molar refractivity (Wildman–Crippen MR) is 56.9 cm³/mol. The van der Waals surface area contributed by atoms with Crippen LogP contribution in [0.15, 0.2) is 6.20 Å². The van der Waals surface area contributed by atoms with E-state index in [1.807, 2.05) is 0 Å². The van der Waals surface area contributed by atoms with Crippen LogP contribution >= 0.6 is 22.9 Å². The van der Waals surface area contributed by atoms with Gasteiger partial charge in [0.15, 0.2) is 4.47 Å². The van der Waals surface area contributed by atoms with Crippen molar-refractivity contribution >= 4 is 33.7 Å². The van der Waals surface area contributed by atoms with Crippen molar-refractivity contribution in [2.24, 2.45) is 0 Å². The second kappa shape index (κ2) is 4.07. The van der Waals surface area contributed by atoms with Gasteiger partial charge in [-0.2, -0.15) is 0 Å². The average Bonchev–Trinajstić information content (AvgIpc) is 2.64. The molecule has 0 radical (unpaired) electrons. The summed E-state index contributed by atoms with van der Waals surface area (Å²) in [6.45, 7) is 0. The summed E-state index contributed by atoms with van der Waals surface area (Å²) in [6, 6.07) is 0. The molecule has 0 aromatic carbocycles. The highest BCUT2D eigenvalue weighted by Crippen LogP contribution is 2.25. The summed E-state index contributed by atoms with van der Waals surface area (Å²) in [4.78, 5) is 5.13. The summed E-state index contributed by atoms with van der Waals surface area (Å²) < 4.78 is 12.0. The molecule has 5 heteroatoms. The van der Waals surface area contributed by atoms with Crippen LogP contribution in [0.1, 0.15) is 17.7 Å². The summed E-state index contributed by atoms with van der Waals surface area (Å²) >= 11 is 7.21. The minimum atomic E-state index is -0.616. The zero-order chi connectivity index (χ0) is 9.26. The molecule has 0 N–H and O–H groups in total. The van der Waals surface area contributed by atoms with Crippen LogP contribution in [0.3, 0.4) is 0 Å². The van der Waals surface area contributed by atoms with Crippen molar-refractivity contribution in [2.75, 3.05) is 5.75 Å². The van der Waals surface area contributed by atoms with Crippen molar-refractivity contribution in [3.05, 3.63) is 15.5 Å². The Morgan fingerprint density at radius 2 is 2.62 bits per heavy atom. The van der Waals surface area contributed by atoms with Gasteiger partial charge in [0.25, 0.3) is 0 Å². The Balaban J connectivity index is 2.01. The Hall–Kier alpha value is 0.0700. The molecule has 2 nitrogen and oxygen atoms in total. The quantitative estimate of drug-likeness (QED) is 0.787. The van der Waals surface area contributed by atoms with E-state index in [9.17, 15) is 4.21 Å². The van der Waals surface area contributed by atoms with Gasteiger partial charge in [-0.15, -0.1) is 11.3 Å². The SMILES string of the molecule is O=S1CCCC1Cc1cnc(Cl)s1. The van der Waals surface area contributed by atoms with Gasteiger partial charge in [0.1, 0.15) is 0 Å². The van der Waals surface area contributed by atoms with Crippen molar-refractivity contribution < 1.29 is 4.21 Å². The Morgan fingerprint density at radius 3 is 3.15 bits per heavy atom. The standard InChI is InChI=1S/C8H10ClNOS2/c9-8-10-5-6(12-8)4-7-2-1-3-13(7)11/h5,7H,1-4H2. The van der Waals surface area contributed by atoms with E-state index in [1.165, 1.54) is 11.3 Å². The van der Waals surface area contributed by atoms with E-state index in [2.05, 4.69) is 4.98 Å². The van der Waals surface area contributed by atoms with Crippen LogP contribution in [0.4, 0.5) is 0 Å². The van der Waals surface area contributed by atoms with E-state index >= 15 is 0 Å². The van der Waals surface area contributed by atoms with Gasteiger partial charge in [-0.25, -0.2) is 4.98 Å². The van der Waals surface area contributed by atoms with E-state index in [0.717, 1.165) is 29.9 Å². The maximum atomic E-state index is 11.4. The number of halogens is 1. The molecule has 1 aliphatic rings. The fraction of sp³-hybridized carbons (Fsp3) is 0.625. The Kier molecular flexibility index (Phi) is 3.01. The van der Waals surface area contributed by atoms with Crippen LogP contribution in [0, 0.1) is 0 Å². The molecule has 0 bridgehead atoms. The van der Waals surface area contributed by atoms with Crippen molar-refractivity contribution in [2.45, 2.75) is 24.5 Å². The molecule has 1 aromatic heterocycles. The summed E-state index contributed by atoms with van der Waals surface area (Å²) in [5.74, 6) is 0.872. The van der Waals surface area contributed by atoms with Crippen molar-refractivity contribution in [1.82, 2.24) is 4.98 Å². The van der Waals surface area contributed by atoms with Crippen LogP contribution in [0.2, 0.25) is 4.47 Å². The molecule has 2 unspecified atom stereocenters. The maximum absolute atomic E-state index is 11.4. The molecule has 13 heavy (non-hydrogen) atoms. The van der Waals surface area contributed by atoms with Crippen LogP contribution < -0.4 is 0 Å². The zero-order valence-corrected chi connectivity index (χ0v) is 9.42. The van der Waals surface area contributed by atoms with Gasteiger partial charge in [-0.3, -0.25) is 4.21 Å². The van der Waals surface area contributed by atoms with Crippen LogP contribution in [0.5, 0.6) is 0 Å². The minimum Gasteiger partial charge on any atom is -0.259 e. The number of nitrogens with zero attached hydrogens (tertiary/aromatic N) is 1. The third-order valence-electron chi connectivity index (χ3n) is 2.20. The molecular weight excluding hydrogens is 226 g/mol. The molecule has 1 fully saturated rings. The Bertz CT molecular complexity index is 326. The van der Waals surface area contributed by atoms with Gasteiger partial charge in [0.2, 0.25) is 0 Å². The molecular formula is C8H10ClNOS2. The Labute approximate surface area is 88.8 Å². The van der Waals surface area contributed by atoms with Gasteiger partial charge in [-0.05, 0) is 19.3 Å². The number of thiazole rings is 1. The smallest absolute Gasteiger partial charge is 0.183 e. The lowest BCUT2D eigenvalue weighted by molar-refractivity contribution is 0.675. The summed E-state index contributed by atoms with van der Waals surface area (Å²) in [6.07, 6.45) is 4.87. The first-order valence-corrected chi connectivity index (χ1v) is 6.81. The maximum Gasteiger partial charge on any atom is 0.183 e. The predicted octanol–water partition coefficient (Wildman–Crippen LogP) is 2.25. The van der Waals surface area contributed by atoms with Gasteiger partial charge in [0.05, 0.1) is 0 Å². The number of aromatic nitrogens is 1. The number of hydrogen-bond acceptors (Lipinski definition) is 3. The minimum absolute atomic E-state index is 0.344. The third-order valence-corrected chi connectivity index (χ3v) is 5.17. The Morgan fingerprint density at radius 1 is 1.77 bits per heavy atom. The fourth-order valence-electron chi connectivity index (χ4n) is 1.55. The lowest BCUT2D eigenvalue weighted by Gasteiger charge is -2.04. The van der Waals surface area contributed by atoms with E-state index in [4.69, 9.17) is 11.6 Å². The molecule has 0 aliphatic carbocycles. The normalized spacial score (nSPS) is 28.1. The molecule has 1 aliphatic heterocycles. The highest BCUT2D eigenvalue weighted by molar-refractivity contribution is 7.85.